The summed E-state index contributed by atoms with van der Waals surface area (Å²) < 4.78 is 35.3. The lowest BCUT2D eigenvalue weighted by Gasteiger charge is -2.10. The summed E-state index contributed by atoms with van der Waals surface area (Å²) >= 11 is 0. The Kier molecular flexibility index (Phi) is 5.38. The summed E-state index contributed by atoms with van der Waals surface area (Å²) in [5.41, 5.74) is 1.13. The molecule has 0 aliphatic heterocycles. The Morgan fingerprint density at radius 2 is 1.91 bits per heavy atom. The van der Waals surface area contributed by atoms with Crippen molar-refractivity contribution in [2.45, 2.75) is 18.4 Å². The summed E-state index contributed by atoms with van der Waals surface area (Å²) in [5, 5.41) is 0. The van der Waals surface area contributed by atoms with Crippen LogP contribution >= 0.6 is 0 Å². The summed E-state index contributed by atoms with van der Waals surface area (Å²) in [6.45, 7) is 2.36. The lowest BCUT2D eigenvalue weighted by Crippen LogP contribution is -2.10. The van der Waals surface area contributed by atoms with Crippen molar-refractivity contribution < 1.29 is 17.9 Å². The van der Waals surface area contributed by atoms with Crippen molar-refractivity contribution in [3.05, 3.63) is 53.9 Å². The molecule has 0 spiro atoms. The van der Waals surface area contributed by atoms with Gasteiger partial charge in [0.15, 0.2) is 9.84 Å². The molecule has 118 valence electrons. The summed E-state index contributed by atoms with van der Waals surface area (Å²) in [5.74, 6) is 0.981. The Bertz CT molecular complexity index is 728. The van der Waals surface area contributed by atoms with E-state index < -0.39 is 9.84 Å². The molecular weight excluding hydrogens is 302 g/mol. The summed E-state index contributed by atoms with van der Waals surface area (Å²) in [6, 6.07) is 10.5. The van der Waals surface area contributed by atoms with Gasteiger partial charge in [0.25, 0.3) is 0 Å². The first-order chi connectivity index (χ1) is 10.5. The Labute approximate surface area is 130 Å². The van der Waals surface area contributed by atoms with E-state index in [1.165, 1.54) is 13.3 Å². The number of para-hydroxylation sites is 1. The highest BCUT2D eigenvalue weighted by atomic mass is 32.2. The fourth-order valence-electron chi connectivity index (χ4n) is 2.09. The second kappa shape index (κ2) is 7.26. The van der Waals surface area contributed by atoms with E-state index in [4.69, 9.17) is 9.47 Å². The second-order valence-corrected chi connectivity index (χ2v) is 6.82. The van der Waals surface area contributed by atoms with Gasteiger partial charge in [-0.3, -0.25) is 4.98 Å². The highest BCUT2D eigenvalue weighted by Crippen LogP contribution is 2.22. The minimum atomic E-state index is -3.35. The molecule has 0 fully saturated rings. The van der Waals surface area contributed by atoms with Crippen LogP contribution < -0.4 is 9.47 Å². The molecule has 0 amide bonds. The number of rotatable bonds is 7. The molecule has 22 heavy (non-hydrogen) atoms. The van der Waals surface area contributed by atoms with Crippen molar-refractivity contribution >= 4 is 9.84 Å². The van der Waals surface area contributed by atoms with E-state index in [0.717, 1.165) is 0 Å². The van der Waals surface area contributed by atoms with E-state index in [-0.39, 0.29) is 11.5 Å². The van der Waals surface area contributed by atoms with Crippen molar-refractivity contribution in [2.75, 3.05) is 13.7 Å². The number of sulfone groups is 1. The molecule has 0 aliphatic carbocycles. The van der Waals surface area contributed by atoms with E-state index >= 15 is 0 Å². The van der Waals surface area contributed by atoms with Gasteiger partial charge in [-0.05, 0) is 19.1 Å². The number of aromatic nitrogens is 1. The van der Waals surface area contributed by atoms with Crippen molar-refractivity contribution in [3.63, 3.8) is 0 Å². The zero-order valence-electron chi connectivity index (χ0n) is 12.7. The monoisotopic (exact) mass is 321 g/mol. The number of hydrogen-bond donors (Lipinski definition) is 0. The molecule has 0 saturated heterocycles. The normalized spacial score (nSPS) is 11.2. The standard InChI is InChI=1S/C16H19NO4S/c1-3-21-16-7-5-4-6-13(16)11-22(18,19)12-14-10-15(20-2)8-9-17-14/h4-10H,3,11-12H2,1-2H3. The zero-order chi connectivity index (χ0) is 16.0. The molecule has 2 rings (SSSR count). The van der Waals surface area contributed by atoms with Gasteiger partial charge in [-0.15, -0.1) is 0 Å². The Hall–Kier alpha value is -2.08. The van der Waals surface area contributed by atoms with Gasteiger partial charge in [-0.25, -0.2) is 8.42 Å². The number of benzene rings is 1. The van der Waals surface area contributed by atoms with E-state index in [2.05, 4.69) is 4.98 Å². The van der Waals surface area contributed by atoms with Gasteiger partial charge in [-0.2, -0.15) is 0 Å². The minimum Gasteiger partial charge on any atom is -0.497 e. The average molecular weight is 321 g/mol. The molecule has 0 radical (unpaired) electrons. The molecule has 0 unspecified atom stereocenters. The molecule has 1 aromatic carbocycles. The molecule has 6 heteroatoms. The number of nitrogens with zero attached hydrogens (tertiary/aromatic N) is 1. The molecule has 0 aliphatic rings. The number of ether oxygens (including phenoxy) is 2. The molecule has 0 atom stereocenters. The summed E-state index contributed by atoms with van der Waals surface area (Å²) in [6.07, 6.45) is 1.54. The van der Waals surface area contributed by atoms with E-state index in [1.807, 2.05) is 13.0 Å². The SMILES string of the molecule is CCOc1ccccc1CS(=O)(=O)Cc1cc(OC)ccn1. The van der Waals surface area contributed by atoms with Gasteiger partial charge in [0.1, 0.15) is 11.5 Å². The molecule has 2 aromatic rings. The molecular formula is C16H19NO4S. The Balaban J connectivity index is 2.17. The predicted octanol–water partition coefficient (Wildman–Crippen LogP) is 2.60. The smallest absolute Gasteiger partial charge is 0.160 e. The third kappa shape index (κ3) is 4.46. The number of methoxy groups -OCH3 is 1. The van der Waals surface area contributed by atoms with Crippen molar-refractivity contribution in [1.29, 1.82) is 0 Å². The third-order valence-corrected chi connectivity index (χ3v) is 4.53. The molecule has 0 N–H and O–H groups in total. The minimum absolute atomic E-state index is 0.0813. The Morgan fingerprint density at radius 3 is 2.64 bits per heavy atom. The van der Waals surface area contributed by atoms with Crippen LogP contribution in [0.3, 0.4) is 0 Å². The first-order valence-electron chi connectivity index (χ1n) is 6.94. The maximum absolute atomic E-state index is 12.4. The molecule has 1 aromatic heterocycles. The fraction of sp³-hybridized carbons (Fsp3) is 0.312. The van der Waals surface area contributed by atoms with E-state index in [1.54, 1.807) is 30.3 Å². The van der Waals surface area contributed by atoms with E-state index in [9.17, 15) is 8.42 Å². The maximum Gasteiger partial charge on any atom is 0.160 e. The maximum atomic E-state index is 12.4. The summed E-state index contributed by atoms with van der Waals surface area (Å²) in [4.78, 5) is 4.08. The van der Waals surface area contributed by atoms with Gasteiger partial charge in [-0.1, -0.05) is 18.2 Å². The molecule has 0 bridgehead atoms. The van der Waals surface area contributed by atoms with Crippen LogP contribution in [0.4, 0.5) is 0 Å². The van der Waals surface area contributed by atoms with Gasteiger partial charge in [0.2, 0.25) is 0 Å². The highest BCUT2D eigenvalue weighted by molar-refractivity contribution is 7.89. The van der Waals surface area contributed by atoms with Crippen LogP contribution in [0, 0.1) is 0 Å². The lowest BCUT2D eigenvalue weighted by molar-refractivity contribution is 0.337. The lowest BCUT2D eigenvalue weighted by atomic mass is 10.2. The van der Waals surface area contributed by atoms with Crippen LogP contribution in [-0.4, -0.2) is 27.1 Å². The highest BCUT2D eigenvalue weighted by Gasteiger charge is 2.17. The van der Waals surface area contributed by atoms with Crippen LogP contribution in [-0.2, 0) is 21.3 Å². The van der Waals surface area contributed by atoms with Gasteiger partial charge >= 0.3 is 0 Å². The number of hydrogen-bond acceptors (Lipinski definition) is 5. The van der Waals surface area contributed by atoms with Crippen molar-refractivity contribution in [1.82, 2.24) is 4.98 Å². The van der Waals surface area contributed by atoms with Crippen molar-refractivity contribution in [2.24, 2.45) is 0 Å². The van der Waals surface area contributed by atoms with Gasteiger partial charge in [0.05, 0.1) is 30.9 Å². The quantitative estimate of drug-likeness (QED) is 0.784. The van der Waals surface area contributed by atoms with Crippen LogP contribution in [0.1, 0.15) is 18.2 Å². The molecule has 1 heterocycles. The van der Waals surface area contributed by atoms with E-state index in [0.29, 0.717) is 29.4 Å². The largest absolute Gasteiger partial charge is 0.497 e. The van der Waals surface area contributed by atoms with Crippen LogP contribution in [0.5, 0.6) is 11.5 Å². The molecule has 0 saturated carbocycles. The Morgan fingerprint density at radius 1 is 1.14 bits per heavy atom. The first-order valence-corrected chi connectivity index (χ1v) is 8.76. The second-order valence-electron chi connectivity index (χ2n) is 4.76. The zero-order valence-corrected chi connectivity index (χ0v) is 13.5. The number of pyridine rings is 1. The van der Waals surface area contributed by atoms with Gasteiger partial charge in [0, 0.05) is 17.8 Å². The molecule has 5 nitrogen and oxygen atoms in total. The van der Waals surface area contributed by atoms with Crippen LogP contribution in [0.2, 0.25) is 0 Å². The predicted molar refractivity (Wildman–Crippen MR) is 84.7 cm³/mol. The summed E-state index contributed by atoms with van der Waals surface area (Å²) in [7, 11) is -1.82. The third-order valence-electron chi connectivity index (χ3n) is 3.04. The average Bonchev–Trinajstić information content (AvgIpc) is 2.49. The topological polar surface area (TPSA) is 65.5 Å². The van der Waals surface area contributed by atoms with Gasteiger partial charge < -0.3 is 9.47 Å². The van der Waals surface area contributed by atoms with Crippen LogP contribution in [0.25, 0.3) is 0 Å². The van der Waals surface area contributed by atoms with Crippen molar-refractivity contribution in [3.8, 4) is 11.5 Å². The fourth-order valence-corrected chi connectivity index (χ4v) is 3.52. The van der Waals surface area contributed by atoms with Crippen LogP contribution in [0.15, 0.2) is 42.6 Å². The first kappa shape index (κ1) is 16.3.